The lowest BCUT2D eigenvalue weighted by Crippen LogP contribution is -2.06. The van der Waals surface area contributed by atoms with E-state index >= 15 is 0 Å². The van der Waals surface area contributed by atoms with E-state index in [1.54, 1.807) is 24.3 Å². The second kappa shape index (κ2) is 13.4. The van der Waals surface area contributed by atoms with Crippen molar-refractivity contribution in [3.05, 3.63) is 48.0 Å². The molecule has 172 valence electrons. The van der Waals surface area contributed by atoms with Crippen LogP contribution in [-0.2, 0) is 16.5 Å². The van der Waals surface area contributed by atoms with Gasteiger partial charge in [-0.25, -0.2) is 0 Å². The van der Waals surface area contributed by atoms with Crippen molar-refractivity contribution in [3.63, 3.8) is 0 Å². The Kier molecular flexibility index (Phi) is 10.9. The van der Waals surface area contributed by atoms with Gasteiger partial charge >= 0.3 is 0 Å². The number of benzene rings is 2. The van der Waals surface area contributed by atoms with Crippen molar-refractivity contribution < 1.29 is 22.8 Å². The molecule has 0 aliphatic rings. The minimum Gasteiger partial charge on any atom is -0.508 e. The van der Waals surface area contributed by atoms with E-state index in [1.807, 2.05) is 0 Å². The largest absolute Gasteiger partial charge is 0.508 e. The van der Waals surface area contributed by atoms with Crippen molar-refractivity contribution in [3.8, 4) is 17.2 Å². The topological polar surface area (TPSA) is 83.8 Å². The Morgan fingerprint density at radius 2 is 1.39 bits per heavy atom. The van der Waals surface area contributed by atoms with E-state index in [0.717, 1.165) is 19.3 Å². The standard InChI is InChI=1S/C25H36O5S/c1-2-3-4-5-6-7-8-9-10-11-12-15-21-16-13-19-24(25(21)31(27,28)29)30-23-18-14-17-22(26)20-23/h13-14,16-20,26H,2-12,15H2,1H3,(H,27,28,29). The van der Waals surface area contributed by atoms with E-state index in [9.17, 15) is 18.1 Å². The fraction of sp³-hybridized carbons (Fsp3) is 0.520. The maximum Gasteiger partial charge on any atom is 0.298 e. The fourth-order valence-electron chi connectivity index (χ4n) is 3.78. The molecule has 0 fully saturated rings. The first-order valence-electron chi connectivity index (χ1n) is 11.5. The molecule has 0 saturated heterocycles. The van der Waals surface area contributed by atoms with Crippen LogP contribution in [-0.4, -0.2) is 18.1 Å². The molecular weight excluding hydrogens is 412 g/mol. The molecule has 0 aliphatic heterocycles. The summed E-state index contributed by atoms with van der Waals surface area (Å²) in [4.78, 5) is -0.189. The van der Waals surface area contributed by atoms with E-state index in [2.05, 4.69) is 6.92 Å². The highest BCUT2D eigenvalue weighted by atomic mass is 32.2. The maximum absolute atomic E-state index is 12.1. The molecule has 0 aromatic heterocycles. The third-order valence-corrected chi connectivity index (χ3v) is 6.39. The molecule has 0 amide bonds. The van der Waals surface area contributed by atoms with Gasteiger partial charge in [0.15, 0.2) is 0 Å². The molecule has 0 unspecified atom stereocenters. The van der Waals surface area contributed by atoms with Crippen LogP contribution < -0.4 is 4.74 Å². The predicted octanol–water partition coefficient (Wildman–Crippen LogP) is 7.28. The average molecular weight is 449 g/mol. The first kappa shape index (κ1) is 25.2. The number of ether oxygens (including phenoxy) is 1. The van der Waals surface area contributed by atoms with Gasteiger partial charge in [0.25, 0.3) is 10.1 Å². The number of aromatic hydroxyl groups is 1. The molecule has 0 aliphatic carbocycles. The van der Waals surface area contributed by atoms with Gasteiger partial charge in [0.05, 0.1) is 0 Å². The Labute approximate surface area is 187 Å². The smallest absolute Gasteiger partial charge is 0.298 e. The number of hydrogen-bond donors (Lipinski definition) is 2. The van der Waals surface area contributed by atoms with Gasteiger partial charge in [-0.15, -0.1) is 0 Å². The van der Waals surface area contributed by atoms with Gasteiger partial charge in [0.2, 0.25) is 0 Å². The fourth-order valence-corrected chi connectivity index (χ4v) is 4.65. The van der Waals surface area contributed by atoms with Crippen LogP contribution in [0.3, 0.4) is 0 Å². The molecule has 2 aromatic carbocycles. The number of phenols is 1. The normalized spacial score (nSPS) is 11.5. The molecule has 0 bridgehead atoms. The molecule has 2 aromatic rings. The number of aryl methyl sites for hydroxylation is 1. The minimum absolute atomic E-state index is 0.0167. The lowest BCUT2D eigenvalue weighted by Gasteiger charge is -2.13. The summed E-state index contributed by atoms with van der Waals surface area (Å²) in [7, 11) is -4.45. The summed E-state index contributed by atoms with van der Waals surface area (Å²) >= 11 is 0. The van der Waals surface area contributed by atoms with Crippen molar-refractivity contribution in [1.29, 1.82) is 0 Å². The summed E-state index contributed by atoms with van der Waals surface area (Å²) < 4.78 is 39.6. The van der Waals surface area contributed by atoms with E-state index in [-0.39, 0.29) is 16.4 Å². The molecule has 0 radical (unpaired) electrons. The molecule has 0 saturated carbocycles. The van der Waals surface area contributed by atoms with Gasteiger partial charge in [-0.1, -0.05) is 89.3 Å². The molecule has 2 rings (SSSR count). The molecule has 2 N–H and O–H groups in total. The van der Waals surface area contributed by atoms with Gasteiger partial charge in [0, 0.05) is 6.07 Å². The van der Waals surface area contributed by atoms with Crippen molar-refractivity contribution in [2.45, 2.75) is 88.9 Å². The molecule has 0 atom stereocenters. The number of phenolic OH excluding ortho intramolecular Hbond substituents is 1. The Balaban J connectivity index is 1.86. The van der Waals surface area contributed by atoms with Gasteiger partial charge in [-0.3, -0.25) is 4.55 Å². The van der Waals surface area contributed by atoms with Crippen LogP contribution in [0.4, 0.5) is 0 Å². The lowest BCUT2D eigenvalue weighted by molar-refractivity contribution is 0.438. The van der Waals surface area contributed by atoms with Crippen LogP contribution >= 0.6 is 0 Å². The molecule has 0 spiro atoms. The van der Waals surface area contributed by atoms with Crippen molar-refractivity contribution >= 4 is 10.1 Å². The number of hydrogen-bond acceptors (Lipinski definition) is 4. The van der Waals surface area contributed by atoms with Gasteiger partial charge in [-0.2, -0.15) is 8.42 Å². The molecular formula is C25H36O5S. The van der Waals surface area contributed by atoms with E-state index in [0.29, 0.717) is 17.7 Å². The molecule has 0 heterocycles. The summed E-state index contributed by atoms with van der Waals surface area (Å²) in [6.07, 6.45) is 14.0. The zero-order valence-corrected chi connectivity index (χ0v) is 19.4. The van der Waals surface area contributed by atoms with E-state index < -0.39 is 10.1 Å². The summed E-state index contributed by atoms with van der Waals surface area (Å²) in [5.74, 6) is 0.383. The third-order valence-electron chi connectivity index (χ3n) is 5.41. The zero-order valence-electron chi connectivity index (χ0n) is 18.6. The lowest BCUT2D eigenvalue weighted by atomic mass is 10.0. The average Bonchev–Trinajstić information content (AvgIpc) is 2.71. The highest BCUT2D eigenvalue weighted by Crippen LogP contribution is 2.33. The van der Waals surface area contributed by atoms with Crippen molar-refractivity contribution in [2.24, 2.45) is 0 Å². The zero-order chi connectivity index (χ0) is 22.5. The highest BCUT2D eigenvalue weighted by Gasteiger charge is 2.22. The number of unbranched alkanes of at least 4 members (excludes halogenated alkanes) is 10. The molecule has 31 heavy (non-hydrogen) atoms. The second-order valence-electron chi connectivity index (χ2n) is 8.10. The van der Waals surface area contributed by atoms with Crippen molar-refractivity contribution in [1.82, 2.24) is 0 Å². The summed E-state index contributed by atoms with van der Waals surface area (Å²) in [6, 6.07) is 11.1. The quantitative estimate of drug-likeness (QED) is 0.221. The summed E-state index contributed by atoms with van der Waals surface area (Å²) in [5.41, 5.74) is 0.552. The summed E-state index contributed by atoms with van der Waals surface area (Å²) in [6.45, 7) is 2.23. The Morgan fingerprint density at radius 3 is 1.97 bits per heavy atom. The first-order chi connectivity index (χ1) is 14.9. The van der Waals surface area contributed by atoms with Crippen LogP contribution in [0.2, 0.25) is 0 Å². The Hall–Kier alpha value is -2.05. The van der Waals surface area contributed by atoms with Gasteiger partial charge < -0.3 is 9.84 Å². The van der Waals surface area contributed by atoms with E-state index in [4.69, 9.17) is 4.74 Å². The third kappa shape index (κ3) is 9.32. The van der Waals surface area contributed by atoms with Crippen LogP contribution in [0, 0.1) is 0 Å². The monoisotopic (exact) mass is 448 g/mol. The molecule has 5 nitrogen and oxygen atoms in total. The summed E-state index contributed by atoms with van der Waals surface area (Å²) in [5, 5.41) is 9.60. The van der Waals surface area contributed by atoms with Crippen LogP contribution in [0.25, 0.3) is 0 Å². The van der Waals surface area contributed by atoms with Gasteiger partial charge in [-0.05, 0) is 36.6 Å². The van der Waals surface area contributed by atoms with E-state index in [1.165, 1.54) is 69.6 Å². The molecule has 6 heteroatoms. The van der Waals surface area contributed by atoms with Crippen molar-refractivity contribution in [2.75, 3.05) is 0 Å². The van der Waals surface area contributed by atoms with Crippen LogP contribution in [0.1, 0.15) is 83.1 Å². The maximum atomic E-state index is 12.1. The Bertz CT molecular complexity index is 893. The second-order valence-corrected chi connectivity index (χ2v) is 9.46. The van der Waals surface area contributed by atoms with Gasteiger partial charge in [0.1, 0.15) is 22.1 Å². The Morgan fingerprint density at radius 1 is 0.806 bits per heavy atom. The minimum atomic E-state index is -4.45. The SMILES string of the molecule is CCCCCCCCCCCCCc1cccc(Oc2cccc(O)c2)c1S(=O)(=O)O. The number of rotatable bonds is 15. The van der Waals surface area contributed by atoms with Crippen LogP contribution in [0.15, 0.2) is 47.4 Å². The predicted molar refractivity (Wildman–Crippen MR) is 125 cm³/mol. The highest BCUT2D eigenvalue weighted by molar-refractivity contribution is 7.86. The van der Waals surface area contributed by atoms with Crippen LogP contribution in [0.5, 0.6) is 17.2 Å². The first-order valence-corrected chi connectivity index (χ1v) is 12.9.